The van der Waals surface area contributed by atoms with Crippen LogP contribution in [0, 0.1) is 0 Å². The Morgan fingerprint density at radius 3 is 1.61 bits per heavy atom. The van der Waals surface area contributed by atoms with Crippen molar-refractivity contribution in [2.75, 3.05) is 6.61 Å². The van der Waals surface area contributed by atoms with E-state index in [4.69, 9.17) is 0 Å². The van der Waals surface area contributed by atoms with E-state index in [1.165, 1.54) is 89.9 Å². The Labute approximate surface area is 223 Å². The van der Waals surface area contributed by atoms with Crippen LogP contribution in [0.5, 0.6) is 0 Å². The second kappa shape index (κ2) is 27.1. The molecule has 0 aromatic rings. The Morgan fingerprint density at radius 2 is 1.11 bits per heavy atom. The van der Waals surface area contributed by atoms with E-state index < -0.39 is 18.2 Å². The molecule has 1 amide bonds. The van der Waals surface area contributed by atoms with Crippen LogP contribution >= 0.6 is 0 Å². The lowest BCUT2D eigenvalue weighted by Crippen LogP contribution is -2.50. The van der Waals surface area contributed by atoms with Gasteiger partial charge in [0.2, 0.25) is 5.91 Å². The Bertz CT molecular complexity index is 497. The molecule has 0 aromatic carbocycles. The summed E-state index contributed by atoms with van der Waals surface area (Å²) in [4.78, 5) is 12.2. The van der Waals surface area contributed by atoms with Gasteiger partial charge < -0.3 is 20.6 Å². The summed E-state index contributed by atoms with van der Waals surface area (Å²) in [6.45, 7) is 4.09. The molecule has 0 saturated heterocycles. The van der Waals surface area contributed by atoms with E-state index in [0.717, 1.165) is 38.5 Å². The highest BCUT2D eigenvalue weighted by Crippen LogP contribution is 2.15. The van der Waals surface area contributed by atoms with Crippen LogP contribution in [0.3, 0.4) is 0 Å². The lowest BCUT2D eigenvalue weighted by molar-refractivity contribution is -0.124. The van der Waals surface area contributed by atoms with Gasteiger partial charge in [0.25, 0.3) is 0 Å². The molecule has 5 heteroatoms. The number of aliphatic hydroxyl groups is 3. The van der Waals surface area contributed by atoms with Gasteiger partial charge in [-0.15, -0.1) is 0 Å². The van der Waals surface area contributed by atoms with Crippen LogP contribution in [0.4, 0.5) is 0 Å². The van der Waals surface area contributed by atoms with Gasteiger partial charge in [0, 0.05) is 6.42 Å². The van der Waals surface area contributed by atoms with Crippen LogP contribution in [0.1, 0.15) is 155 Å². The fraction of sp³-hybridized carbons (Fsp3) is 0.903. The van der Waals surface area contributed by atoms with Crippen LogP contribution in [0.25, 0.3) is 0 Å². The lowest BCUT2D eigenvalue weighted by atomic mass is 9.99. The average molecular weight is 512 g/mol. The number of amides is 1. The molecule has 0 bridgehead atoms. The summed E-state index contributed by atoms with van der Waals surface area (Å²) in [5.74, 6) is -0.183. The summed E-state index contributed by atoms with van der Waals surface area (Å²) < 4.78 is 0. The van der Waals surface area contributed by atoms with E-state index in [-0.39, 0.29) is 12.5 Å². The number of rotatable bonds is 27. The summed E-state index contributed by atoms with van der Waals surface area (Å²) in [5, 5.41) is 33.1. The Kier molecular flexibility index (Phi) is 26.4. The molecule has 3 unspecified atom stereocenters. The van der Waals surface area contributed by atoms with E-state index in [0.29, 0.717) is 12.8 Å². The summed E-state index contributed by atoms with van der Waals surface area (Å²) >= 11 is 0. The first-order valence-electron chi connectivity index (χ1n) is 15.5. The number of hydrogen-bond donors (Lipinski definition) is 4. The van der Waals surface area contributed by atoms with E-state index in [1.54, 1.807) is 0 Å². The van der Waals surface area contributed by atoms with Crippen LogP contribution in [0.2, 0.25) is 0 Å². The number of nitrogens with one attached hydrogen (secondary N) is 1. The number of aliphatic hydroxyl groups excluding tert-OH is 3. The first kappa shape index (κ1) is 35.1. The molecule has 0 heterocycles. The van der Waals surface area contributed by atoms with Gasteiger partial charge in [-0.05, 0) is 32.1 Å². The number of allylic oxidation sites excluding steroid dienone is 2. The molecule has 0 rings (SSSR count). The van der Waals surface area contributed by atoms with Gasteiger partial charge in [0.15, 0.2) is 0 Å². The van der Waals surface area contributed by atoms with Crippen LogP contribution in [-0.4, -0.2) is 46.1 Å². The Morgan fingerprint density at radius 1 is 0.667 bits per heavy atom. The van der Waals surface area contributed by atoms with Gasteiger partial charge in [-0.2, -0.15) is 0 Å². The summed E-state index contributed by atoms with van der Waals surface area (Å²) in [5.41, 5.74) is 0. The number of unbranched alkanes of at least 4 members (excludes halogenated alkanes) is 17. The smallest absolute Gasteiger partial charge is 0.220 e. The maximum absolute atomic E-state index is 12.2. The van der Waals surface area contributed by atoms with Crippen molar-refractivity contribution in [1.29, 1.82) is 0 Å². The van der Waals surface area contributed by atoms with Crippen molar-refractivity contribution in [3.63, 3.8) is 0 Å². The molecule has 0 aliphatic rings. The summed E-state index contributed by atoms with van der Waals surface area (Å²) in [6, 6.07) is -0.816. The highest BCUT2D eigenvalue weighted by molar-refractivity contribution is 5.76. The van der Waals surface area contributed by atoms with Crippen molar-refractivity contribution >= 4 is 5.91 Å². The summed E-state index contributed by atoms with van der Waals surface area (Å²) in [7, 11) is 0. The Hall–Kier alpha value is -0.910. The third-order valence-electron chi connectivity index (χ3n) is 7.12. The predicted molar refractivity (Wildman–Crippen MR) is 153 cm³/mol. The molecule has 0 saturated carbocycles. The van der Waals surface area contributed by atoms with Crippen molar-refractivity contribution in [2.24, 2.45) is 0 Å². The molecule has 0 aliphatic heterocycles. The van der Waals surface area contributed by atoms with E-state index >= 15 is 0 Å². The minimum Gasteiger partial charge on any atom is -0.394 e. The minimum absolute atomic E-state index is 0.183. The Balaban J connectivity index is 3.78. The first-order chi connectivity index (χ1) is 17.6. The van der Waals surface area contributed by atoms with Gasteiger partial charge in [-0.25, -0.2) is 0 Å². The van der Waals surface area contributed by atoms with Gasteiger partial charge in [0.1, 0.15) is 6.10 Å². The van der Waals surface area contributed by atoms with Crippen molar-refractivity contribution < 1.29 is 20.1 Å². The molecule has 214 valence electrons. The van der Waals surface area contributed by atoms with Gasteiger partial charge in [-0.3, -0.25) is 4.79 Å². The molecular weight excluding hydrogens is 450 g/mol. The molecule has 3 atom stereocenters. The number of carbonyl (C=O) groups excluding carboxylic acids is 1. The normalized spacial score (nSPS) is 14.2. The monoisotopic (exact) mass is 511 g/mol. The molecule has 0 fully saturated rings. The standard InChI is InChI=1S/C31H61NO4/c1-3-5-7-9-11-13-14-15-16-18-19-21-23-25-29(34)31(36)28(27-33)32-30(35)26-24-22-20-17-12-10-8-6-4-2/h17,20,28-29,31,33-34,36H,3-16,18-19,21-27H2,1-2H3,(H,32,35)/b20-17-. The average Bonchev–Trinajstić information content (AvgIpc) is 2.88. The largest absolute Gasteiger partial charge is 0.394 e. The second-order valence-corrected chi connectivity index (χ2v) is 10.7. The van der Waals surface area contributed by atoms with E-state index in [9.17, 15) is 20.1 Å². The highest BCUT2D eigenvalue weighted by atomic mass is 16.3. The first-order valence-corrected chi connectivity index (χ1v) is 15.5. The maximum Gasteiger partial charge on any atom is 0.220 e. The molecular formula is C31H61NO4. The molecule has 0 radical (unpaired) electrons. The number of carbonyl (C=O) groups is 1. The van der Waals surface area contributed by atoms with Gasteiger partial charge in [-0.1, -0.05) is 129 Å². The zero-order valence-corrected chi connectivity index (χ0v) is 23.9. The SMILES string of the molecule is CCCCCC/C=C\CCCC(=O)NC(CO)C(O)C(O)CCCCCCCCCCCCCCC. The molecule has 5 nitrogen and oxygen atoms in total. The fourth-order valence-electron chi connectivity index (χ4n) is 4.63. The fourth-order valence-corrected chi connectivity index (χ4v) is 4.63. The van der Waals surface area contributed by atoms with Crippen molar-refractivity contribution in [2.45, 2.75) is 173 Å². The topological polar surface area (TPSA) is 89.8 Å². The van der Waals surface area contributed by atoms with Crippen molar-refractivity contribution in [3.05, 3.63) is 12.2 Å². The van der Waals surface area contributed by atoms with Gasteiger partial charge >= 0.3 is 0 Å². The van der Waals surface area contributed by atoms with Crippen molar-refractivity contribution in [3.8, 4) is 0 Å². The third-order valence-corrected chi connectivity index (χ3v) is 7.12. The lowest BCUT2D eigenvalue weighted by Gasteiger charge is -2.26. The number of hydrogen-bond acceptors (Lipinski definition) is 4. The van der Waals surface area contributed by atoms with Crippen LogP contribution < -0.4 is 5.32 Å². The van der Waals surface area contributed by atoms with Gasteiger partial charge in [0.05, 0.1) is 18.8 Å². The van der Waals surface area contributed by atoms with Crippen molar-refractivity contribution in [1.82, 2.24) is 5.32 Å². The van der Waals surface area contributed by atoms with E-state index in [1.807, 2.05) is 0 Å². The zero-order chi connectivity index (χ0) is 26.7. The molecule has 4 N–H and O–H groups in total. The van der Waals surface area contributed by atoms with E-state index in [2.05, 4.69) is 31.3 Å². The minimum atomic E-state index is -1.14. The van der Waals surface area contributed by atoms with Crippen LogP contribution in [-0.2, 0) is 4.79 Å². The maximum atomic E-state index is 12.2. The second-order valence-electron chi connectivity index (χ2n) is 10.7. The third kappa shape index (κ3) is 22.3. The molecule has 0 aromatic heterocycles. The molecule has 0 aliphatic carbocycles. The zero-order valence-electron chi connectivity index (χ0n) is 23.9. The van der Waals surface area contributed by atoms with Crippen LogP contribution in [0.15, 0.2) is 12.2 Å². The quantitative estimate of drug-likeness (QED) is 0.0685. The molecule has 36 heavy (non-hydrogen) atoms. The summed E-state index contributed by atoms with van der Waals surface area (Å²) in [6.07, 6.45) is 27.3. The molecule has 0 spiro atoms. The highest BCUT2D eigenvalue weighted by Gasteiger charge is 2.26. The predicted octanol–water partition coefficient (Wildman–Crippen LogP) is 7.36.